The highest BCUT2D eigenvalue weighted by Gasteiger charge is 2.27. The molecule has 6 nitrogen and oxygen atoms in total. The van der Waals surface area contributed by atoms with E-state index in [9.17, 15) is 9.59 Å². The van der Waals surface area contributed by atoms with Crippen molar-refractivity contribution in [2.24, 2.45) is 11.8 Å². The molecular formula is C11H22N4O2. The van der Waals surface area contributed by atoms with Crippen LogP contribution in [-0.2, 0) is 9.59 Å². The largest absolute Gasteiger partial charge is 0.359 e. The average molecular weight is 242 g/mol. The number of hydrogen-bond acceptors (Lipinski definition) is 4. The summed E-state index contributed by atoms with van der Waals surface area (Å²) in [5, 5.41) is 2.68. The van der Waals surface area contributed by atoms with E-state index < -0.39 is 0 Å². The van der Waals surface area contributed by atoms with Crippen LogP contribution < -0.4 is 16.6 Å². The summed E-state index contributed by atoms with van der Waals surface area (Å²) in [4.78, 5) is 24.8. The van der Waals surface area contributed by atoms with E-state index in [2.05, 4.69) is 15.6 Å². The molecule has 6 heteroatoms. The Morgan fingerprint density at radius 3 is 2.47 bits per heavy atom. The number of rotatable bonds is 4. The topological polar surface area (TPSA) is 87.5 Å². The second-order valence-corrected chi connectivity index (χ2v) is 4.55. The fraction of sp³-hybridized carbons (Fsp3) is 0.818. The van der Waals surface area contributed by atoms with Gasteiger partial charge in [-0.2, -0.15) is 0 Å². The Morgan fingerprint density at radius 1 is 1.41 bits per heavy atom. The summed E-state index contributed by atoms with van der Waals surface area (Å²) in [5.74, 6) is 5.15. The Labute approximate surface area is 102 Å². The lowest BCUT2D eigenvalue weighted by Crippen LogP contribution is -2.45. The standard InChI is InChI=1S/C11H22N4O2/c1-8(7-10(16)14-12)15-5-3-9(4-6-15)11(17)13-2/h8-9H,3-7,12H2,1-2H3,(H,13,17)(H,14,16). The molecule has 0 aromatic rings. The molecule has 4 N–H and O–H groups in total. The van der Waals surface area contributed by atoms with Gasteiger partial charge in [-0.1, -0.05) is 0 Å². The fourth-order valence-corrected chi connectivity index (χ4v) is 2.26. The lowest BCUT2D eigenvalue weighted by molar-refractivity contribution is -0.127. The first-order valence-electron chi connectivity index (χ1n) is 6.03. The van der Waals surface area contributed by atoms with E-state index in [1.807, 2.05) is 6.92 Å². The van der Waals surface area contributed by atoms with E-state index in [1.165, 1.54) is 0 Å². The number of likely N-dealkylation sites (tertiary alicyclic amines) is 1. The predicted molar refractivity (Wildman–Crippen MR) is 64.8 cm³/mol. The molecule has 1 aliphatic rings. The monoisotopic (exact) mass is 242 g/mol. The Morgan fingerprint density at radius 2 is 2.00 bits per heavy atom. The Kier molecular flexibility index (Phi) is 5.37. The van der Waals surface area contributed by atoms with Gasteiger partial charge in [-0.15, -0.1) is 0 Å². The predicted octanol–water partition coefficient (Wildman–Crippen LogP) is -0.787. The number of carbonyl (C=O) groups excluding carboxylic acids is 2. The summed E-state index contributed by atoms with van der Waals surface area (Å²) in [6.45, 7) is 3.73. The minimum absolute atomic E-state index is 0.117. The van der Waals surface area contributed by atoms with Crippen molar-refractivity contribution in [3.05, 3.63) is 0 Å². The molecule has 1 atom stereocenters. The van der Waals surface area contributed by atoms with Gasteiger partial charge in [-0.05, 0) is 32.9 Å². The van der Waals surface area contributed by atoms with Gasteiger partial charge in [0, 0.05) is 25.4 Å². The molecule has 0 aromatic heterocycles. The highest BCUT2D eigenvalue weighted by atomic mass is 16.2. The fourth-order valence-electron chi connectivity index (χ4n) is 2.26. The summed E-state index contributed by atoms with van der Waals surface area (Å²) in [7, 11) is 1.67. The Hall–Kier alpha value is -1.14. The van der Waals surface area contributed by atoms with Crippen LogP contribution in [0.5, 0.6) is 0 Å². The number of hydrogen-bond donors (Lipinski definition) is 3. The second-order valence-electron chi connectivity index (χ2n) is 4.55. The average Bonchev–Trinajstić information content (AvgIpc) is 2.37. The van der Waals surface area contributed by atoms with Gasteiger partial charge in [0.05, 0.1) is 0 Å². The van der Waals surface area contributed by atoms with Crippen LogP contribution in [0.4, 0.5) is 0 Å². The van der Waals surface area contributed by atoms with Crippen molar-refractivity contribution in [1.82, 2.24) is 15.6 Å². The van der Waals surface area contributed by atoms with E-state index in [-0.39, 0.29) is 23.8 Å². The Bertz CT molecular complexity index is 275. The molecule has 17 heavy (non-hydrogen) atoms. The van der Waals surface area contributed by atoms with Crippen molar-refractivity contribution >= 4 is 11.8 Å². The van der Waals surface area contributed by atoms with Gasteiger partial charge in [0.15, 0.2) is 0 Å². The minimum atomic E-state index is -0.147. The lowest BCUT2D eigenvalue weighted by Gasteiger charge is -2.35. The number of piperidine rings is 1. The van der Waals surface area contributed by atoms with Crippen LogP contribution in [0.15, 0.2) is 0 Å². The van der Waals surface area contributed by atoms with Gasteiger partial charge in [-0.25, -0.2) is 5.84 Å². The summed E-state index contributed by atoms with van der Waals surface area (Å²) < 4.78 is 0. The zero-order valence-electron chi connectivity index (χ0n) is 10.5. The van der Waals surface area contributed by atoms with Gasteiger partial charge in [-0.3, -0.25) is 15.0 Å². The maximum absolute atomic E-state index is 11.5. The maximum Gasteiger partial charge on any atom is 0.235 e. The van der Waals surface area contributed by atoms with Crippen LogP contribution in [-0.4, -0.2) is 42.9 Å². The number of carbonyl (C=O) groups is 2. The number of amides is 2. The molecule has 98 valence electrons. The van der Waals surface area contributed by atoms with Crippen LogP contribution in [0.3, 0.4) is 0 Å². The molecule has 0 saturated carbocycles. The van der Waals surface area contributed by atoms with E-state index in [0.29, 0.717) is 6.42 Å². The maximum atomic E-state index is 11.5. The van der Waals surface area contributed by atoms with Crippen molar-refractivity contribution in [1.29, 1.82) is 0 Å². The van der Waals surface area contributed by atoms with Crippen LogP contribution in [0, 0.1) is 5.92 Å². The van der Waals surface area contributed by atoms with Crippen LogP contribution in [0.1, 0.15) is 26.2 Å². The molecule has 0 bridgehead atoms. The number of nitrogens with two attached hydrogens (primary N) is 1. The zero-order chi connectivity index (χ0) is 12.8. The second kappa shape index (κ2) is 6.56. The zero-order valence-corrected chi connectivity index (χ0v) is 10.5. The quantitative estimate of drug-likeness (QED) is 0.342. The third kappa shape index (κ3) is 3.98. The van der Waals surface area contributed by atoms with Gasteiger partial charge in [0.25, 0.3) is 0 Å². The van der Waals surface area contributed by atoms with Gasteiger partial charge in [0.2, 0.25) is 11.8 Å². The van der Waals surface area contributed by atoms with Gasteiger partial charge in [0.1, 0.15) is 0 Å². The summed E-state index contributed by atoms with van der Waals surface area (Å²) in [6.07, 6.45) is 2.11. The first-order valence-corrected chi connectivity index (χ1v) is 6.03. The van der Waals surface area contributed by atoms with Gasteiger partial charge >= 0.3 is 0 Å². The summed E-state index contributed by atoms with van der Waals surface area (Å²) >= 11 is 0. The molecule has 0 radical (unpaired) electrons. The van der Waals surface area contributed by atoms with Crippen molar-refractivity contribution < 1.29 is 9.59 Å². The third-order valence-electron chi connectivity index (χ3n) is 3.41. The molecule has 2 amide bonds. The third-order valence-corrected chi connectivity index (χ3v) is 3.41. The summed E-state index contributed by atoms with van der Waals surface area (Å²) in [6, 6.07) is 0.171. The van der Waals surface area contributed by atoms with Crippen molar-refractivity contribution in [2.75, 3.05) is 20.1 Å². The normalized spacial score (nSPS) is 19.7. The molecule has 1 aliphatic heterocycles. The highest BCUT2D eigenvalue weighted by Crippen LogP contribution is 2.19. The van der Waals surface area contributed by atoms with E-state index in [0.717, 1.165) is 25.9 Å². The van der Waals surface area contributed by atoms with Crippen LogP contribution >= 0.6 is 0 Å². The first kappa shape index (κ1) is 13.9. The lowest BCUT2D eigenvalue weighted by atomic mass is 9.94. The Balaban J connectivity index is 2.36. The van der Waals surface area contributed by atoms with Gasteiger partial charge < -0.3 is 10.2 Å². The first-order chi connectivity index (χ1) is 8.08. The molecule has 1 saturated heterocycles. The number of nitrogens with one attached hydrogen (secondary N) is 2. The van der Waals surface area contributed by atoms with Crippen LogP contribution in [0.2, 0.25) is 0 Å². The number of hydrazine groups is 1. The molecule has 1 heterocycles. The molecule has 1 unspecified atom stereocenters. The molecular weight excluding hydrogens is 220 g/mol. The summed E-state index contributed by atoms with van der Waals surface area (Å²) in [5.41, 5.74) is 2.14. The highest BCUT2D eigenvalue weighted by molar-refractivity contribution is 5.78. The SMILES string of the molecule is CNC(=O)C1CCN(C(C)CC(=O)NN)CC1. The van der Waals surface area contributed by atoms with Crippen molar-refractivity contribution in [3.8, 4) is 0 Å². The van der Waals surface area contributed by atoms with E-state index in [4.69, 9.17) is 5.84 Å². The van der Waals surface area contributed by atoms with Crippen molar-refractivity contribution in [2.45, 2.75) is 32.2 Å². The minimum Gasteiger partial charge on any atom is -0.359 e. The number of nitrogens with zero attached hydrogens (tertiary/aromatic N) is 1. The van der Waals surface area contributed by atoms with Crippen molar-refractivity contribution in [3.63, 3.8) is 0 Å². The molecule has 1 fully saturated rings. The molecule has 1 rings (SSSR count). The molecule has 0 spiro atoms. The van der Waals surface area contributed by atoms with E-state index >= 15 is 0 Å². The molecule has 0 aliphatic carbocycles. The van der Waals surface area contributed by atoms with E-state index in [1.54, 1.807) is 7.05 Å². The smallest absolute Gasteiger partial charge is 0.235 e. The van der Waals surface area contributed by atoms with Crippen LogP contribution in [0.25, 0.3) is 0 Å². The molecule has 0 aromatic carbocycles.